The molecule has 90 valence electrons. The van der Waals surface area contributed by atoms with E-state index >= 15 is 0 Å². The van der Waals surface area contributed by atoms with Crippen LogP contribution in [0.1, 0.15) is 33.1 Å². The summed E-state index contributed by atoms with van der Waals surface area (Å²) in [6, 6.07) is 2.03. The number of nitriles is 1. The highest BCUT2D eigenvalue weighted by Gasteiger charge is 2.30. The zero-order chi connectivity index (χ0) is 12.1. The molecule has 4 nitrogen and oxygen atoms in total. The molecule has 3 unspecified atom stereocenters. The van der Waals surface area contributed by atoms with Crippen LogP contribution in [0.2, 0.25) is 0 Å². The molecule has 0 saturated carbocycles. The second-order valence-corrected chi connectivity index (χ2v) is 4.71. The molecular weight excluding hydrogens is 202 g/mol. The Bertz CT molecular complexity index is 284. The molecule has 0 aromatic carbocycles. The van der Waals surface area contributed by atoms with Crippen molar-refractivity contribution in [3.05, 3.63) is 0 Å². The first-order valence-electron chi connectivity index (χ1n) is 5.95. The van der Waals surface area contributed by atoms with Crippen LogP contribution in [0, 0.1) is 17.2 Å². The third-order valence-electron chi connectivity index (χ3n) is 3.43. The number of rotatable bonds is 3. The molecule has 0 aromatic heterocycles. The Balaban J connectivity index is 2.58. The van der Waals surface area contributed by atoms with E-state index in [0.29, 0.717) is 12.3 Å². The van der Waals surface area contributed by atoms with Gasteiger partial charge in [-0.2, -0.15) is 5.26 Å². The second kappa shape index (κ2) is 5.86. The van der Waals surface area contributed by atoms with E-state index in [4.69, 9.17) is 5.26 Å². The molecule has 1 saturated heterocycles. The molecule has 0 bridgehead atoms. The van der Waals surface area contributed by atoms with E-state index in [1.54, 1.807) is 11.9 Å². The SMILES string of the molecule is CC1CCCNC1C(=O)N(C)C(C)CC#N. The van der Waals surface area contributed by atoms with E-state index in [1.165, 1.54) is 0 Å². The average Bonchev–Trinajstić information content (AvgIpc) is 2.28. The summed E-state index contributed by atoms with van der Waals surface area (Å²) in [5.41, 5.74) is 0. The van der Waals surface area contributed by atoms with Gasteiger partial charge < -0.3 is 10.2 Å². The molecule has 1 heterocycles. The van der Waals surface area contributed by atoms with E-state index in [2.05, 4.69) is 18.3 Å². The molecule has 1 fully saturated rings. The van der Waals surface area contributed by atoms with Crippen LogP contribution in [-0.4, -0.2) is 36.5 Å². The first kappa shape index (κ1) is 13.0. The van der Waals surface area contributed by atoms with Gasteiger partial charge in [0.05, 0.1) is 18.5 Å². The molecule has 1 aliphatic heterocycles. The van der Waals surface area contributed by atoms with Crippen molar-refractivity contribution in [1.82, 2.24) is 10.2 Å². The lowest BCUT2D eigenvalue weighted by Gasteiger charge is -2.34. The van der Waals surface area contributed by atoms with Gasteiger partial charge >= 0.3 is 0 Å². The normalized spacial score (nSPS) is 26.9. The molecule has 0 aliphatic carbocycles. The predicted octanol–water partition coefficient (Wildman–Crippen LogP) is 1.14. The van der Waals surface area contributed by atoms with Crippen molar-refractivity contribution in [3.63, 3.8) is 0 Å². The van der Waals surface area contributed by atoms with Crippen molar-refractivity contribution >= 4 is 5.91 Å². The van der Waals surface area contributed by atoms with Gasteiger partial charge in [0, 0.05) is 13.1 Å². The van der Waals surface area contributed by atoms with E-state index < -0.39 is 0 Å². The van der Waals surface area contributed by atoms with Crippen LogP contribution >= 0.6 is 0 Å². The Morgan fingerprint density at radius 2 is 2.38 bits per heavy atom. The molecule has 0 spiro atoms. The Kier molecular flexibility index (Phi) is 4.75. The van der Waals surface area contributed by atoms with Crippen LogP contribution < -0.4 is 5.32 Å². The van der Waals surface area contributed by atoms with Crippen LogP contribution in [0.15, 0.2) is 0 Å². The lowest BCUT2D eigenvalue weighted by atomic mass is 9.91. The highest BCUT2D eigenvalue weighted by Crippen LogP contribution is 2.18. The predicted molar refractivity (Wildman–Crippen MR) is 62.7 cm³/mol. The maximum atomic E-state index is 12.2. The van der Waals surface area contributed by atoms with Gasteiger partial charge in [0.25, 0.3) is 0 Å². The minimum atomic E-state index is -0.0695. The second-order valence-electron chi connectivity index (χ2n) is 4.71. The highest BCUT2D eigenvalue weighted by molar-refractivity contribution is 5.82. The third kappa shape index (κ3) is 2.96. The summed E-state index contributed by atoms with van der Waals surface area (Å²) in [6.07, 6.45) is 2.63. The first-order chi connectivity index (χ1) is 7.57. The molecule has 4 heteroatoms. The number of likely N-dealkylation sites (N-methyl/N-ethyl adjacent to an activating group) is 1. The van der Waals surface area contributed by atoms with Gasteiger partial charge in [-0.05, 0) is 32.2 Å². The third-order valence-corrected chi connectivity index (χ3v) is 3.43. The fourth-order valence-corrected chi connectivity index (χ4v) is 2.09. The van der Waals surface area contributed by atoms with E-state index in [-0.39, 0.29) is 18.0 Å². The fourth-order valence-electron chi connectivity index (χ4n) is 2.09. The Labute approximate surface area is 97.6 Å². The van der Waals surface area contributed by atoms with Crippen LogP contribution in [0.3, 0.4) is 0 Å². The number of piperidine rings is 1. The zero-order valence-electron chi connectivity index (χ0n) is 10.4. The van der Waals surface area contributed by atoms with Crippen molar-refractivity contribution in [2.24, 2.45) is 5.92 Å². The van der Waals surface area contributed by atoms with Gasteiger partial charge in [-0.3, -0.25) is 4.79 Å². The standard InChI is InChI=1S/C12H21N3O/c1-9-5-4-8-14-11(9)12(16)15(3)10(2)6-7-13/h9-11,14H,4-6,8H2,1-3H3. The van der Waals surface area contributed by atoms with Crippen LogP contribution in [-0.2, 0) is 4.79 Å². The molecular formula is C12H21N3O. The van der Waals surface area contributed by atoms with Crippen LogP contribution in [0.4, 0.5) is 0 Å². The molecule has 1 N–H and O–H groups in total. The van der Waals surface area contributed by atoms with Gasteiger partial charge in [-0.1, -0.05) is 6.92 Å². The number of nitrogens with one attached hydrogen (secondary N) is 1. The van der Waals surface area contributed by atoms with Crippen molar-refractivity contribution in [2.75, 3.05) is 13.6 Å². The number of carbonyl (C=O) groups is 1. The van der Waals surface area contributed by atoms with Gasteiger partial charge in [-0.25, -0.2) is 0 Å². The summed E-state index contributed by atoms with van der Waals surface area (Å²) >= 11 is 0. The van der Waals surface area contributed by atoms with Crippen molar-refractivity contribution in [2.45, 2.75) is 45.2 Å². The number of amides is 1. The number of nitrogens with zero attached hydrogens (tertiary/aromatic N) is 2. The maximum absolute atomic E-state index is 12.2. The van der Waals surface area contributed by atoms with Gasteiger partial charge in [-0.15, -0.1) is 0 Å². The molecule has 3 atom stereocenters. The van der Waals surface area contributed by atoms with E-state index in [9.17, 15) is 4.79 Å². The Hall–Kier alpha value is -1.08. The van der Waals surface area contributed by atoms with Crippen LogP contribution in [0.25, 0.3) is 0 Å². The highest BCUT2D eigenvalue weighted by atomic mass is 16.2. The fraction of sp³-hybridized carbons (Fsp3) is 0.833. The topological polar surface area (TPSA) is 56.1 Å². The van der Waals surface area contributed by atoms with Crippen molar-refractivity contribution < 1.29 is 4.79 Å². The summed E-state index contributed by atoms with van der Waals surface area (Å²) < 4.78 is 0. The Morgan fingerprint density at radius 3 is 2.94 bits per heavy atom. The minimum absolute atomic E-state index is 0.00609. The van der Waals surface area contributed by atoms with Crippen molar-refractivity contribution in [3.8, 4) is 6.07 Å². The maximum Gasteiger partial charge on any atom is 0.239 e. The monoisotopic (exact) mass is 223 g/mol. The average molecular weight is 223 g/mol. The lowest BCUT2D eigenvalue weighted by Crippen LogP contribution is -2.53. The van der Waals surface area contributed by atoms with E-state index in [1.807, 2.05) is 6.92 Å². The Morgan fingerprint density at radius 1 is 1.69 bits per heavy atom. The summed E-state index contributed by atoms with van der Waals surface area (Å²) in [6.45, 7) is 4.94. The minimum Gasteiger partial charge on any atom is -0.341 e. The number of hydrogen-bond donors (Lipinski definition) is 1. The van der Waals surface area contributed by atoms with Gasteiger partial charge in [0.15, 0.2) is 0 Å². The zero-order valence-corrected chi connectivity index (χ0v) is 10.4. The quantitative estimate of drug-likeness (QED) is 0.780. The largest absolute Gasteiger partial charge is 0.341 e. The molecule has 1 aliphatic rings. The summed E-state index contributed by atoms with van der Waals surface area (Å²) in [7, 11) is 1.79. The molecule has 1 rings (SSSR count). The number of carbonyl (C=O) groups excluding carboxylic acids is 1. The summed E-state index contributed by atoms with van der Waals surface area (Å²) in [5, 5.41) is 11.9. The molecule has 0 aromatic rings. The first-order valence-corrected chi connectivity index (χ1v) is 5.95. The number of hydrogen-bond acceptors (Lipinski definition) is 3. The summed E-state index contributed by atoms with van der Waals surface area (Å²) in [4.78, 5) is 13.9. The molecule has 1 amide bonds. The smallest absolute Gasteiger partial charge is 0.239 e. The van der Waals surface area contributed by atoms with Crippen LogP contribution in [0.5, 0.6) is 0 Å². The molecule has 16 heavy (non-hydrogen) atoms. The van der Waals surface area contributed by atoms with Crippen molar-refractivity contribution in [1.29, 1.82) is 5.26 Å². The van der Waals surface area contributed by atoms with Gasteiger partial charge in [0.2, 0.25) is 5.91 Å². The van der Waals surface area contributed by atoms with Gasteiger partial charge in [0.1, 0.15) is 0 Å². The molecule has 0 radical (unpaired) electrons. The van der Waals surface area contributed by atoms with E-state index in [0.717, 1.165) is 19.4 Å². The lowest BCUT2D eigenvalue weighted by molar-refractivity contribution is -0.135. The summed E-state index contributed by atoms with van der Waals surface area (Å²) in [5.74, 6) is 0.507.